The van der Waals surface area contributed by atoms with Gasteiger partial charge in [0, 0.05) is 6.04 Å². The van der Waals surface area contributed by atoms with Gasteiger partial charge in [-0.1, -0.05) is 5.16 Å². The maximum atomic E-state index is 5.17. The smallest absolute Gasteiger partial charge is 0.231 e. The molecule has 72 valence electrons. The fourth-order valence-electron chi connectivity index (χ4n) is 1.85. The van der Waals surface area contributed by atoms with E-state index >= 15 is 0 Å². The normalized spacial score (nSPS) is 29.1. The number of rotatable bonds is 1. The average molecular weight is 181 g/mol. The summed E-state index contributed by atoms with van der Waals surface area (Å²) in [6.07, 6.45) is 2.34. The highest BCUT2D eigenvalue weighted by molar-refractivity contribution is 4.99. The molecule has 2 heterocycles. The van der Waals surface area contributed by atoms with Gasteiger partial charge in [-0.2, -0.15) is 4.98 Å². The van der Waals surface area contributed by atoms with Crippen molar-refractivity contribution in [2.75, 3.05) is 6.54 Å². The summed E-state index contributed by atoms with van der Waals surface area (Å²) in [7, 11) is 0. The number of piperidine rings is 1. The molecule has 1 aliphatic heterocycles. The summed E-state index contributed by atoms with van der Waals surface area (Å²) in [6.45, 7) is 5.13. The van der Waals surface area contributed by atoms with Gasteiger partial charge in [0.05, 0.1) is 5.92 Å². The lowest BCUT2D eigenvalue weighted by Gasteiger charge is -2.26. The van der Waals surface area contributed by atoms with Crippen LogP contribution >= 0.6 is 0 Å². The number of aryl methyl sites for hydroxylation is 1. The number of aromatic nitrogens is 2. The minimum Gasteiger partial charge on any atom is -0.339 e. The lowest BCUT2D eigenvalue weighted by atomic mass is 9.92. The lowest BCUT2D eigenvalue weighted by Crippen LogP contribution is -2.37. The monoisotopic (exact) mass is 181 g/mol. The molecule has 1 fully saturated rings. The van der Waals surface area contributed by atoms with Gasteiger partial charge >= 0.3 is 0 Å². The highest BCUT2D eigenvalue weighted by Crippen LogP contribution is 2.26. The van der Waals surface area contributed by atoms with Crippen molar-refractivity contribution in [3.8, 4) is 0 Å². The van der Waals surface area contributed by atoms with E-state index in [9.17, 15) is 0 Å². The summed E-state index contributed by atoms with van der Waals surface area (Å²) in [6, 6.07) is 0.452. The van der Waals surface area contributed by atoms with Gasteiger partial charge in [-0.15, -0.1) is 0 Å². The summed E-state index contributed by atoms with van der Waals surface area (Å²) in [4.78, 5) is 4.27. The van der Waals surface area contributed by atoms with E-state index in [4.69, 9.17) is 4.52 Å². The van der Waals surface area contributed by atoms with Gasteiger partial charge in [0.2, 0.25) is 5.89 Å². The molecule has 1 aromatic rings. The number of nitrogens with zero attached hydrogens (tertiary/aromatic N) is 2. The molecule has 4 heteroatoms. The van der Waals surface area contributed by atoms with Gasteiger partial charge in [-0.25, -0.2) is 0 Å². The van der Waals surface area contributed by atoms with Crippen molar-refractivity contribution < 1.29 is 4.52 Å². The largest absolute Gasteiger partial charge is 0.339 e. The van der Waals surface area contributed by atoms with Crippen LogP contribution in [0.2, 0.25) is 0 Å². The molecule has 0 bridgehead atoms. The number of nitrogens with one attached hydrogen (secondary N) is 1. The number of hydrogen-bond donors (Lipinski definition) is 1. The summed E-state index contributed by atoms with van der Waals surface area (Å²) in [5, 5.41) is 7.22. The van der Waals surface area contributed by atoms with Crippen molar-refractivity contribution in [3.05, 3.63) is 11.7 Å². The van der Waals surface area contributed by atoms with Crippen LogP contribution < -0.4 is 5.32 Å². The summed E-state index contributed by atoms with van der Waals surface area (Å²) in [5.74, 6) is 1.92. The van der Waals surface area contributed by atoms with E-state index in [1.807, 2.05) is 6.92 Å². The standard InChI is InChI=1S/C9H15N3O/c1-6-8(4-3-5-10-6)9-11-7(2)12-13-9/h6,8,10H,3-5H2,1-2H3/t6-,8-/m1/s1. The quantitative estimate of drug-likeness (QED) is 0.708. The molecule has 0 unspecified atom stereocenters. The predicted molar refractivity (Wildman–Crippen MR) is 48.5 cm³/mol. The first-order chi connectivity index (χ1) is 6.27. The molecule has 0 saturated carbocycles. The first-order valence-electron chi connectivity index (χ1n) is 4.81. The third kappa shape index (κ3) is 1.72. The minimum absolute atomic E-state index is 0.398. The summed E-state index contributed by atoms with van der Waals surface area (Å²) in [5.41, 5.74) is 0. The molecule has 1 aromatic heterocycles. The van der Waals surface area contributed by atoms with Crippen LogP contribution in [0.15, 0.2) is 4.52 Å². The van der Waals surface area contributed by atoms with Crippen LogP contribution in [0, 0.1) is 6.92 Å². The van der Waals surface area contributed by atoms with Crippen molar-refractivity contribution in [3.63, 3.8) is 0 Å². The van der Waals surface area contributed by atoms with Crippen molar-refractivity contribution >= 4 is 0 Å². The first kappa shape index (κ1) is 8.69. The van der Waals surface area contributed by atoms with Crippen LogP contribution in [0.1, 0.15) is 37.4 Å². The fourth-order valence-corrected chi connectivity index (χ4v) is 1.85. The number of hydrogen-bond acceptors (Lipinski definition) is 4. The molecule has 0 amide bonds. The molecule has 0 spiro atoms. The molecular formula is C9H15N3O. The molecule has 0 aromatic carbocycles. The predicted octanol–water partition coefficient (Wildman–Crippen LogP) is 1.23. The Labute approximate surface area is 77.7 Å². The van der Waals surface area contributed by atoms with Gasteiger partial charge < -0.3 is 9.84 Å². The lowest BCUT2D eigenvalue weighted by molar-refractivity contribution is 0.283. The zero-order valence-corrected chi connectivity index (χ0v) is 8.08. The van der Waals surface area contributed by atoms with E-state index in [0.29, 0.717) is 12.0 Å². The van der Waals surface area contributed by atoms with Gasteiger partial charge in [0.15, 0.2) is 5.82 Å². The van der Waals surface area contributed by atoms with Crippen molar-refractivity contribution in [1.29, 1.82) is 0 Å². The third-order valence-corrected chi connectivity index (χ3v) is 2.62. The van der Waals surface area contributed by atoms with E-state index in [2.05, 4.69) is 22.4 Å². The second-order valence-electron chi connectivity index (χ2n) is 3.67. The van der Waals surface area contributed by atoms with Crippen LogP contribution in [-0.2, 0) is 0 Å². The first-order valence-corrected chi connectivity index (χ1v) is 4.81. The van der Waals surface area contributed by atoms with E-state index in [-0.39, 0.29) is 0 Å². The van der Waals surface area contributed by atoms with E-state index < -0.39 is 0 Å². The van der Waals surface area contributed by atoms with Gasteiger partial charge in [-0.05, 0) is 33.2 Å². The molecule has 1 saturated heterocycles. The van der Waals surface area contributed by atoms with Crippen molar-refractivity contribution in [2.24, 2.45) is 0 Å². The molecule has 4 nitrogen and oxygen atoms in total. The zero-order chi connectivity index (χ0) is 9.26. The Hall–Kier alpha value is -0.900. The topological polar surface area (TPSA) is 51.0 Å². The van der Waals surface area contributed by atoms with E-state index in [1.165, 1.54) is 6.42 Å². The highest BCUT2D eigenvalue weighted by atomic mass is 16.5. The molecule has 2 atom stereocenters. The Morgan fingerprint density at radius 3 is 3.00 bits per heavy atom. The van der Waals surface area contributed by atoms with Crippen molar-refractivity contribution in [1.82, 2.24) is 15.5 Å². The van der Waals surface area contributed by atoms with Crippen LogP contribution in [0.5, 0.6) is 0 Å². The van der Waals surface area contributed by atoms with Crippen LogP contribution in [0.4, 0.5) is 0 Å². The van der Waals surface area contributed by atoms with Gasteiger partial charge in [0.25, 0.3) is 0 Å². The highest BCUT2D eigenvalue weighted by Gasteiger charge is 2.26. The minimum atomic E-state index is 0.398. The van der Waals surface area contributed by atoms with E-state index in [0.717, 1.165) is 24.7 Å². The van der Waals surface area contributed by atoms with Crippen molar-refractivity contribution in [2.45, 2.75) is 38.6 Å². The van der Waals surface area contributed by atoms with Gasteiger partial charge in [0.1, 0.15) is 0 Å². The van der Waals surface area contributed by atoms with Crippen LogP contribution in [-0.4, -0.2) is 22.7 Å². The summed E-state index contributed by atoms with van der Waals surface area (Å²) >= 11 is 0. The maximum Gasteiger partial charge on any atom is 0.231 e. The Kier molecular flexibility index (Phi) is 2.31. The molecule has 13 heavy (non-hydrogen) atoms. The SMILES string of the molecule is Cc1noc([C@@H]2CCCN[C@@H]2C)n1. The average Bonchev–Trinajstić information content (AvgIpc) is 2.53. The summed E-state index contributed by atoms with van der Waals surface area (Å²) < 4.78 is 5.17. The van der Waals surface area contributed by atoms with Crippen LogP contribution in [0.3, 0.4) is 0 Å². The van der Waals surface area contributed by atoms with Crippen LogP contribution in [0.25, 0.3) is 0 Å². The molecule has 1 N–H and O–H groups in total. The maximum absolute atomic E-state index is 5.17. The zero-order valence-electron chi connectivity index (χ0n) is 8.08. The molecule has 1 aliphatic rings. The second kappa shape index (κ2) is 3.46. The molecule has 0 radical (unpaired) electrons. The second-order valence-corrected chi connectivity index (χ2v) is 3.67. The fraction of sp³-hybridized carbons (Fsp3) is 0.778. The Morgan fingerprint density at radius 2 is 2.38 bits per heavy atom. The molecule has 2 rings (SSSR count). The molecular weight excluding hydrogens is 166 g/mol. The Morgan fingerprint density at radius 1 is 1.54 bits per heavy atom. The van der Waals surface area contributed by atoms with Gasteiger partial charge in [-0.3, -0.25) is 0 Å². The Balaban J connectivity index is 2.14. The van der Waals surface area contributed by atoms with E-state index in [1.54, 1.807) is 0 Å². The Bertz CT molecular complexity index is 284. The molecule has 0 aliphatic carbocycles. The third-order valence-electron chi connectivity index (χ3n) is 2.62.